The Morgan fingerprint density at radius 1 is 1.45 bits per heavy atom. The van der Waals surface area contributed by atoms with Gasteiger partial charge < -0.3 is 15.5 Å². The van der Waals surface area contributed by atoms with Crippen molar-refractivity contribution >= 4 is 17.3 Å². The number of anilines is 1. The minimum atomic E-state index is -0.513. The molecule has 0 radical (unpaired) electrons. The molecule has 20 heavy (non-hydrogen) atoms. The van der Waals surface area contributed by atoms with Crippen LogP contribution in [0.25, 0.3) is 0 Å². The Morgan fingerprint density at radius 3 is 2.70 bits per heavy atom. The molecular weight excluding hydrogens is 260 g/mol. The Hall–Kier alpha value is -2.15. The third kappa shape index (κ3) is 4.20. The van der Waals surface area contributed by atoms with Crippen LogP contribution in [0.1, 0.15) is 17.3 Å². The first kappa shape index (κ1) is 15.9. The summed E-state index contributed by atoms with van der Waals surface area (Å²) in [6, 6.07) is 4.18. The summed E-state index contributed by atoms with van der Waals surface area (Å²) in [4.78, 5) is 24.4. The van der Waals surface area contributed by atoms with E-state index in [2.05, 4.69) is 15.5 Å². The number of non-ortho nitro benzene ring substituents is 1. The highest BCUT2D eigenvalue weighted by Crippen LogP contribution is 2.21. The normalized spacial score (nSPS) is 10.4. The summed E-state index contributed by atoms with van der Waals surface area (Å²) < 4.78 is 0. The van der Waals surface area contributed by atoms with Gasteiger partial charge in [0.05, 0.1) is 10.5 Å². The number of likely N-dealkylation sites (N-methyl/N-ethyl adjacent to an activating group) is 1. The van der Waals surface area contributed by atoms with Gasteiger partial charge in [-0.25, -0.2) is 0 Å². The SMILES string of the molecule is CCN(C)CCNC(=O)c1cc([N+](=O)[O-])ccc1NC. The fourth-order valence-corrected chi connectivity index (χ4v) is 1.67. The van der Waals surface area contributed by atoms with Crippen LogP contribution in [0.15, 0.2) is 18.2 Å². The lowest BCUT2D eigenvalue weighted by Gasteiger charge is -2.14. The standard InChI is InChI=1S/C13H20N4O3/c1-4-16(3)8-7-15-13(18)11-9-10(17(19)20)5-6-12(11)14-2/h5-6,9,14H,4,7-8H2,1-3H3,(H,15,18). The van der Waals surface area contributed by atoms with Crippen molar-refractivity contribution in [3.8, 4) is 0 Å². The maximum Gasteiger partial charge on any atom is 0.270 e. The number of nitrogens with zero attached hydrogens (tertiary/aromatic N) is 2. The third-order valence-electron chi connectivity index (χ3n) is 3.05. The molecule has 1 aromatic rings. The first-order valence-electron chi connectivity index (χ1n) is 6.42. The molecule has 7 nitrogen and oxygen atoms in total. The van der Waals surface area contributed by atoms with Gasteiger partial charge in [0.25, 0.3) is 11.6 Å². The molecule has 0 aliphatic carbocycles. The second-order valence-electron chi connectivity index (χ2n) is 4.39. The predicted molar refractivity (Wildman–Crippen MR) is 78.1 cm³/mol. The fraction of sp³-hybridized carbons (Fsp3) is 0.462. The number of nitro benzene ring substituents is 1. The van der Waals surface area contributed by atoms with E-state index in [4.69, 9.17) is 0 Å². The molecule has 0 unspecified atom stereocenters. The number of amides is 1. The molecule has 0 fully saturated rings. The fourth-order valence-electron chi connectivity index (χ4n) is 1.67. The second-order valence-corrected chi connectivity index (χ2v) is 4.39. The van der Waals surface area contributed by atoms with Gasteiger partial charge in [-0.3, -0.25) is 14.9 Å². The Labute approximate surface area is 118 Å². The lowest BCUT2D eigenvalue weighted by atomic mass is 10.1. The summed E-state index contributed by atoms with van der Waals surface area (Å²) in [5.41, 5.74) is 0.748. The molecule has 0 spiro atoms. The molecule has 1 rings (SSSR count). The maximum atomic E-state index is 12.1. The number of rotatable bonds is 7. The van der Waals surface area contributed by atoms with Crippen LogP contribution >= 0.6 is 0 Å². The van der Waals surface area contributed by atoms with Crippen molar-refractivity contribution in [1.82, 2.24) is 10.2 Å². The van der Waals surface area contributed by atoms with Crippen LogP contribution in [-0.4, -0.2) is 49.5 Å². The van der Waals surface area contributed by atoms with E-state index in [-0.39, 0.29) is 17.2 Å². The summed E-state index contributed by atoms with van der Waals surface area (Å²) >= 11 is 0. The minimum Gasteiger partial charge on any atom is -0.387 e. The van der Waals surface area contributed by atoms with Crippen molar-refractivity contribution in [3.63, 3.8) is 0 Å². The zero-order chi connectivity index (χ0) is 15.1. The Balaban J connectivity index is 2.79. The highest BCUT2D eigenvalue weighted by molar-refractivity contribution is 6.00. The maximum absolute atomic E-state index is 12.1. The van der Waals surface area contributed by atoms with E-state index in [1.54, 1.807) is 7.05 Å². The summed E-state index contributed by atoms with van der Waals surface area (Å²) in [6.45, 7) is 4.15. The zero-order valence-electron chi connectivity index (χ0n) is 12.0. The van der Waals surface area contributed by atoms with Crippen molar-refractivity contribution in [2.45, 2.75) is 6.92 Å². The molecule has 2 N–H and O–H groups in total. The minimum absolute atomic E-state index is 0.0974. The first-order valence-corrected chi connectivity index (χ1v) is 6.42. The van der Waals surface area contributed by atoms with E-state index >= 15 is 0 Å². The van der Waals surface area contributed by atoms with Crippen LogP contribution < -0.4 is 10.6 Å². The van der Waals surface area contributed by atoms with Crippen LogP contribution in [0.2, 0.25) is 0 Å². The van der Waals surface area contributed by atoms with E-state index < -0.39 is 4.92 Å². The van der Waals surface area contributed by atoms with Gasteiger partial charge >= 0.3 is 0 Å². The van der Waals surface area contributed by atoms with E-state index in [9.17, 15) is 14.9 Å². The largest absolute Gasteiger partial charge is 0.387 e. The smallest absolute Gasteiger partial charge is 0.270 e. The number of nitrogens with one attached hydrogen (secondary N) is 2. The molecule has 0 aliphatic rings. The average Bonchev–Trinajstić information content (AvgIpc) is 2.45. The molecule has 0 atom stereocenters. The highest BCUT2D eigenvalue weighted by atomic mass is 16.6. The van der Waals surface area contributed by atoms with Crippen molar-refractivity contribution < 1.29 is 9.72 Å². The predicted octanol–water partition coefficient (Wildman–Crippen LogP) is 1.32. The molecule has 0 saturated heterocycles. The zero-order valence-corrected chi connectivity index (χ0v) is 12.0. The number of benzene rings is 1. The third-order valence-corrected chi connectivity index (χ3v) is 3.05. The Bertz CT molecular complexity index is 491. The van der Waals surface area contributed by atoms with Gasteiger partial charge in [0, 0.05) is 38.0 Å². The van der Waals surface area contributed by atoms with Crippen molar-refractivity contribution in [2.75, 3.05) is 39.0 Å². The summed E-state index contributed by atoms with van der Waals surface area (Å²) in [6.07, 6.45) is 0. The van der Waals surface area contributed by atoms with Crippen LogP contribution in [-0.2, 0) is 0 Å². The van der Waals surface area contributed by atoms with Crippen LogP contribution in [0.5, 0.6) is 0 Å². The van der Waals surface area contributed by atoms with Crippen molar-refractivity contribution in [2.24, 2.45) is 0 Å². The molecule has 7 heteroatoms. The van der Waals surface area contributed by atoms with Gasteiger partial charge in [0.2, 0.25) is 0 Å². The quantitative estimate of drug-likeness (QED) is 0.581. The van der Waals surface area contributed by atoms with Gasteiger partial charge in [-0.1, -0.05) is 6.92 Å². The summed E-state index contributed by atoms with van der Waals surface area (Å²) in [5.74, 6) is -0.317. The van der Waals surface area contributed by atoms with Crippen molar-refractivity contribution in [1.29, 1.82) is 0 Å². The summed E-state index contributed by atoms with van der Waals surface area (Å²) in [5, 5.41) is 16.4. The lowest BCUT2D eigenvalue weighted by molar-refractivity contribution is -0.384. The molecule has 0 aliphatic heterocycles. The highest BCUT2D eigenvalue weighted by Gasteiger charge is 2.15. The molecule has 0 heterocycles. The van der Waals surface area contributed by atoms with E-state index in [0.29, 0.717) is 12.2 Å². The number of nitro groups is 1. The van der Waals surface area contributed by atoms with E-state index in [0.717, 1.165) is 13.1 Å². The number of carbonyl (C=O) groups excluding carboxylic acids is 1. The molecule has 110 valence electrons. The van der Waals surface area contributed by atoms with E-state index in [1.807, 2.05) is 14.0 Å². The molecule has 1 aromatic carbocycles. The molecule has 0 bridgehead atoms. The Morgan fingerprint density at radius 2 is 2.15 bits per heavy atom. The second kappa shape index (κ2) is 7.44. The van der Waals surface area contributed by atoms with E-state index in [1.165, 1.54) is 18.2 Å². The molecule has 0 aromatic heterocycles. The van der Waals surface area contributed by atoms with Crippen LogP contribution in [0.3, 0.4) is 0 Å². The topological polar surface area (TPSA) is 87.5 Å². The molecule has 1 amide bonds. The van der Waals surface area contributed by atoms with Gasteiger partial charge in [-0.05, 0) is 19.7 Å². The first-order chi connectivity index (χ1) is 9.49. The average molecular weight is 280 g/mol. The number of hydrogen-bond donors (Lipinski definition) is 2. The number of carbonyl (C=O) groups is 1. The monoisotopic (exact) mass is 280 g/mol. The molecule has 0 saturated carbocycles. The van der Waals surface area contributed by atoms with Crippen LogP contribution in [0, 0.1) is 10.1 Å². The van der Waals surface area contributed by atoms with Crippen LogP contribution in [0.4, 0.5) is 11.4 Å². The summed E-state index contributed by atoms with van der Waals surface area (Å²) in [7, 11) is 3.63. The Kier molecular flexibility index (Phi) is 5.92. The van der Waals surface area contributed by atoms with Gasteiger partial charge in [-0.2, -0.15) is 0 Å². The van der Waals surface area contributed by atoms with Crippen molar-refractivity contribution in [3.05, 3.63) is 33.9 Å². The lowest BCUT2D eigenvalue weighted by Crippen LogP contribution is -2.33. The van der Waals surface area contributed by atoms with Gasteiger partial charge in [0.1, 0.15) is 0 Å². The molecular formula is C13H20N4O3. The van der Waals surface area contributed by atoms with Gasteiger partial charge in [-0.15, -0.1) is 0 Å². The number of hydrogen-bond acceptors (Lipinski definition) is 5. The van der Waals surface area contributed by atoms with Gasteiger partial charge in [0.15, 0.2) is 0 Å².